The predicted molar refractivity (Wildman–Crippen MR) is 91.3 cm³/mol. The Morgan fingerprint density at radius 1 is 1.31 bits per heavy atom. The van der Waals surface area contributed by atoms with Crippen molar-refractivity contribution < 1.29 is 14.8 Å². The first-order valence-corrected chi connectivity index (χ1v) is 8.22. The predicted octanol–water partition coefficient (Wildman–Crippen LogP) is 2.78. The second-order valence-corrected chi connectivity index (χ2v) is 5.88. The number of aromatic nitrogens is 3. The van der Waals surface area contributed by atoms with E-state index in [9.17, 15) is 20.5 Å². The van der Waals surface area contributed by atoms with Crippen LogP contribution in [0.1, 0.15) is 30.9 Å². The number of aryl methyl sites for hydroxylation is 1. The van der Waals surface area contributed by atoms with Gasteiger partial charge in [-0.1, -0.05) is 6.42 Å². The number of allylic oxidation sites excluding steroid dienone is 1. The van der Waals surface area contributed by atoms with Gasteiger partial charge in [-0.2, -0.15) is 5.26 Å². The fourth-order valence-electron chi connectivity index (χ4n) is 2.80. The van der Waals surface area contributed by atoms with Gasteiger partial charge in [0.15, 0.2) is 11.6 Å². The number of non-ortho nitro benzene ring substituents is 1. The van der Waals surface area contributed by atoms with Crippen molar-refractivity contribution in [2.75, 3.05) is 6.61 Å². The highest BCUT2D eigenvalue weighted by Gasteiger charge is 2.20. The van der Waals surface area contributed by atoms with E-state index in [4.69, 9.17) is 4.74 Å². The number of ether oxygens (including phenoxy) is 1. The number of hydrogen-bond donors (Lipinski definition) is 1. The van der Waals surface area contributed by atoms with Crippen molar-refractivity contribution in [1.29, 1.82) is 5.26 Å². The molecule has 0 unspecified atom stereocenters. The van der Waals surface area contributed by atoms with Crippen molar-refractivity contribution >= 4 is 11.3 Å². The quantitative estimate of drug-likeness (QED) is 0.378. The monoisotopic (exact) mass is 355 g/mol. The lowest BCUT2D eigenvalue weighted by Gasteiger charge is -2.09. The SMILES string of the molecule is N#CC(=C(O)COc1ccc([N+](=O)[O-])cc1)c1nnc2n1CCCCC2. The number of nitrogens with zero attached hydrogens (tertiary/aromatic N) is 5. The number of nitro groups is 1. The Hall–Kier alpha value is -3.41. The van der Waals surface area contributed by atoms with Crippen molar-refractivity contribution in [3.05, 3.63) is 51.8 Å². The van der Waals surface area contributed by atoms with E-state index in [0.29, 0.717) is 18.1 Å². The van der Waals surface area contributed by atoms with Crippen molar-refractivity contribution in [2.24, 2.45) is 0 Å². The van der Waals surface area contributed by atoms with Crippen LogP contribution in [0.2, 0.25) is 0 Å². The van der Waals surface area contributed by atoms with Crippen molar-refractivity contribution in [1.82, 2.24) is 14.8 Å². The number of benzene rings is 1. The van der Waals surface area contributed by atoms with Crippen LogP contribution in [-0.2, 0) is 13.0 Å². The number of rotatable bonds is 5. The molecule has 26 heavy (non-hydrogen) atoms. The van der Waals surface area contributed by atoms with Crippen LogP contribution in [0.25, 0.3) is 5.57 Å². The lowest BCUT2D eigenvalue weighted by atomic mass is 10.2. The second-order valence-electron chi connectivity index (χ2n) is 5.88. The summed E-state index contributed by atoms with van der Waals surface area (Å²) >= 11 is 0. The Morgan fingerprint density at radius 2 is 2.08 bits per heavy atom. The molecule has 1 aromatic carbocycles. The third kappa shape index (κ3) is 3.64. The van der Waals surface area contributed by atoms with Gasteiger partial charge in [0.2, 0.25) is 0 Å². The molecule has 134 valence electrons. The normalized spacial score (nSPS) is 14.6. The molecule has 1 aromatic heterocycles. The Labute approximate surface area is 149 Å². The highest BCUT2D eigenvalue weighted by atomic mass is 16.6. The number of nitro benzene ring substituents is 1. The van der Waals surface area contributed by atoms with E-state index in [2.05, 4.69) is 10.2 Å². The molecule has 0 atom stereocenters. The fraction of sp³-hybridized carbons (Fsp3) is 0.353. The minimum atomic E-state index is -0.508. The summed E-state index contributed by atoms with van der Waals surface area (Å²) in [4.78, 5) is 10.1. The Kier molecular flexibility index (Phi) is 5.12. The summed E-state index contributed by atoms with van der Waals surface area (Å²) in [5, 5.41) is 38.6. The molecule has 1 N–H and O–H groups in total. The number of aliphatic hydroxyl groups excluding tert-OH is 1. The molecule has 0 amide bonds. The molecule has 0 saturated carbocycles. The van der Waals surface area contributed by atoms with E-state index in [1.807, 2.05) is 10.6 Å². The average Bonchev–Trinajstić information content (AvgIpc) is 2.88. The Bertz CT molecular complexity index is 880. The third-order valence-electron chi connectivity index (χ3n) is 4.16. The number of hydrogen-bond acceptors (Lipinski definition) is 7. The van der Waals surface area contributed by atoms with Gasteiger partial charge >= 0.3 is 0 Å². The molecular formula is C17H17N5O4. The van der Waals surface area contributed by atoms with Gasteiger partial charge in [0.25, 0.3) is 5.69 Å². The first-order chi connectivity index (χ1) is 12.6. The summed E-state index contributed by atoms with van der Waals surface area (Å²) < 4.78 is 7.28. The molecule has 0 saturated heterocycles. The summed E-state index contributed by atoms with van der Waals surface area (Å²) in [5.41, 5.74) is -0.0338. The van der Waals surface area contributed by atoms with Gasteiger partial charge in [0.05, 0.1) is 4.92 Å². The highest BCUT2D eigenvalue weighted by Crippen LogP contribution is 2.22. The molecule has 2 heterocycles. The van der Waals surface area contributed by atoms with Gasteiger partial charge in [-0.15, -0.1) is 10.2 Å². The first kappa shape index (κ1) is 17.4. The van der Waals surface area contributed by atoms with Gasteiger partial charge in [-0.25, -0.2) is 0 Å². The van der Waals surface area contributed by atoms with E-state index in [-0.39, 0.29) is 23.6 Å². The second kappa shape index (κ2) is 7.65. The van der Waals surface area contributed by atoms with Crippen LogP contribution >= 0.6 is 0 Å². The lowest BCUT2D eigenvalue weighted by Crippen LogP contribution is -2.09. The fourth-order valence-corrected chi connectivity index (χ4v) is 2.80. The molecule has 3 rings (SSSR count). The first-order valence-electron chi connectivity index (χ1n) is 8.22. The lowest BCUT2D eigenvalue weighted by molar-refractivity contribution is -0.384. The smallest absolute Gasteiger partial charge is 0.269 e. The van der Waals surface area contributed by atoms with Gasteiger partial charge in [0, 0.05) is 25.1 Å². The molecule has 1 aliphatic heterocycles. The Balaban J connectivity index is 1.78. The molecule has 9 heteroatoms. The van der Waals surface area contributed by atoms with Gasteiger partial charge in [-0.05, 0) is 25.0 Å². The van der Waals surface area contributed by atoms with Crippen LogP contribution in [0, 0.1) is 21.4 Å². The van der Waals surface area contributed by atoms with E-state index in [0.717, 1.165) is 31.5 Å². The van der Waals surface area contributed by atoms with E-state index < -0.39 is 4.92 Å². The number of nitriles is 1. The summed E-state index contributed by atoms with van der Waals surface area (Å²) in [7, 11) is 0. The van der Waals surface area contributed by atoms with Crippen molar-refractivity contribution in [3.8, 4) is 11.8 Å². The van der Waals surface area contributed by atoms with Gasteiger partial charge in [0.1, 0.15) is 29.8 Å². The largest absolute Gasteiger partial charge is 0.507 e. The van der Waals surface area contributed by atoms with Crippen LogP contribution < -0.4 is 4.74 Å². The Morgan fingerprint density at radius 3 is 2.77 bits per heavy atom. The standard InChI is InChI=1S/C17H17N5O4/c18-10-14(17-20-19-16-4-2-1-3-9-21(16)17)15(23)11-26-13-7-5-12(6-8-13)22(24)25/h5-8,23H,1-4,9,11H2. The third-order valence-corrected chi connectivity index (χ3v) is 4.16. The highest BCUT2D eigenvalue weighted by molar-refractivity contribution is 5.74. The molecule has 0 aliphatic carbocycles. The summed E-state index contributed by atoms with van der Waals surface area (Å²) in [6.45, 7) is 0.461. The summed E-state index contributed by atoms with van der Waals surface area (Å²) in [6, 6.07) is 7.44. The minimum Gasteiger partial charge on any atom is -0.507 e. The molecule has 0 radical (unpaired) electrons. The minimum absolute atomic E-state index is 0.0209. The van der Waals surface area contributed by atoms with Crippen LogP contribution in [0.3, 0.4) is 0 Å². The summed E-state index contributed by atoms with van der Waals surface area (Å²) in [6.07, 6.45) is 3.88. The summed E-state index contributed by atoms with van der Waals surface area (Å²) in [5.74, 6) is 1.24. The maximum atomic E-state index is 10.6. The zero-order valence-corrected chi connectivity index (χ0v) is 14.0. The zero-order valence-electron chi connectivity index (χ0n) is 14.0. The molecule has 9 nitrogen and oxygen atoms in total. The van der Waals surface area contributed by atoms with Crippen molar-refractivity contribution in [2.45, 2.75) is 32.2 Å². The zero-order chi connectivity index (χ0) is 18.5. The number of fused-ring (bicyclic) bond motifs is 1. The molecule has 0 spiro atoms. The maximum absolute atomic E-state index is 10.6. The van der Waals surface area contributed by atoms with Crippen molar-refractivity contribution in [3.63, 3.8) is 0 Å². The van der Waals surface area contributed by atoms with Gasteiger partial charge < -0.3 is 14.4 Å². The number of aliphatic hydroxyl groups is 1. The van der Waals surface area contributed by atoms with Crippen LogP contribution in [0.4, 0.5) is 5.69 Å². The molecule has 0 bridgehead atoms. The van der Waals surface area contributed by atoms with E-state index in [1.165, 1.54) is 24.3 Å². The van der Waals surface area contributed by atoms with E-state index in [1.54, 1.807) is 0 Å². The van der Waals surface area contributed by atoms with Crippen LogP contribution in [0.5, 0.6) is 5.75 Å². The molecule has 2 aromatic rings. The molecular weight excluding hydrogens is 338 g/mol. The molecule has 0 fully saturated rings. The van der Waals surface area contributed by atoms with E-state index >= 15 is 0 Å². The average molecular weight is 355 g/mol. The molecule has 1 aliphatic rings. The van der Waals surface area contributed by atoms with Gasteiger partial charge in [-0.3, -0.25) is 10.1 Å². The van der Waals surface area contributed by atoms with Crippen LogP contribution in [-0.4, -0.2) is 31.4 Å². The maximum Gasteiger partial charge on any atom is 0.269 e. The van der Waals surface area contributed by atoms with Crippen LogP contribution in [0.15, 0.2) is 30.0 Å². The topological polar surface area (TPSA) is 127 Å².